The van der Waals surface area contributed by atoms with Gasteiger partial charge >= 0.3 is 0 Å². The second-order valence-corrected chi connectivity index (χ2v) is 5.69. The quantitative estimate of drug-likeness (QED) is 0.863. The summed E-state index contributed by atoms with van der Waals surface area (Å²) in [5.74, 6) is 1.66. The molecule has 1 unspecified atom stereocenters. The minimum atomic E-state index is 0.324. The molecule has 0 spiro atoms. The van der Waals surface area contributed by atoms with Gasteiger partial charge in [-0.2, -0.15) is 0 Å². The van der Waals surface area contributed by atoms with Gasteiger partial charge in [0, 0.05) is 24.8 Å². The van der Waals surface area contributed by atoms with Crippen LogP contribution in [0, 0.1) is 12.8 Å². The molecule has 1 aliphatic rings. The summed E-state index contributed by atoms with van der Waals surface area (Å²) in [7, 11) is 0. The molecular weight excluding hydrogens is 250 g/mol. The van der Waals surface area contributed by atoms with Gasteiger partial charge in [-0.3, -0.25) is 0 Å². The Labute approximate surface area is 122 Å². The van der Waals surface area contributed by atoms with Gasteiger partial charge in [0.1, 0.15) is 5.75 Å². The fourth-order valence-corrected chi connectivity index (χ4v) is 2.67. The fourth-order valence-electron chi connectivity index (χ4n) is 2.67. The Morgan fingerprint density at radius 1 is 1.35 bits per heavy atom. The predicted octanol–water partition coefficient (Wildman–Crippen LogP) is 3.47. The average molecular weight is 277 g/mol. The van der Waals surface area contributed by atoms with Crippen LogP contribution in [-0.2, 0) is 4.74 Å². The summed E-state index contributed by atoms with van der Waals surface area (Å²) in [5.41, 5.74) is 2.54. The monoisotopic (exact) mass is 277 g/mol. The topological polar surface area (TPSA) is 30.5 Å². The molecule has 3 nitrogen and oxygen atoms in total. The first kappa shape index (κ1) is 15.3. The van der Waals surface area contributed by atoms with Gasteiger partial charge in [0.25, 0.3) is 0 Å². The molecular formula is C17H27NO2. The summed E-state index contributed by atoms with van der Waals surface area (Å²) < 4.78 is 11.5. The molecule has 1 heterocycles. The lowest BCUT2D eigenvalue weighted by Crippen LogP contribution is -2.23. The SMILES string of the molecule is CCNC(C)c1cc(C)ccc1OCC1CCOCC1. The van der Waals surface area contributed by atoms with Crippen LogP contribution < -0.4 is 10.1 Å². The van der Waals surface area contributed by atoms with E-state index < -0.39 is 0 Å². The first-order valence-corrected chi connectivity index (χ1v) is 7.75. The lowest BCUT2D eigenvalue weighted by Gasteiger charge is -2.24. The Balaban J connectivity index is 2.01. The Morgan fingerprint density at radius 2 is 2.10 bits per heavy atom. The molecule has 20 heavy (non-hydrogen) atoms. The normalized spacial score (nSPS) is 17.9. The third-order valence-corrected chi connectivity index (χ3v) is 3.96. The maximum atomic E-state index is 6.10. The summed E-state index contributed by atoms with van der Waals surface area (Å²) in [6, 6.07) is 6.79. The van der Waals surface area contributed by atoms with Crippen molar-refractivity contribution in [3.63, 3.8) is 0 Å². The first-order chi connectivity index (χ1) is 9.70. The van der Waals surface area contributed by atoms with Gasteiger partial charge in [0.05, 0.1) is 6.61 Å². The molecule has 1 atom stereocenters. The van der Waals surface area contributed by atoms with Crippen molar-refractivity contribution >= 4 is 0 Å². The van der Waals surface area contributed by atoms with E-state index in [1.807, 2.05) is 0 Å². The van der Waals surface area contributed by atoms with Crippen LogP contribution in [0.2, 0.25) is 0 Å². The molecule has 1 aliphatic heterocycles. The number of benzene rings is 1. The van der Waals surface area contributed by atoms with Gasteiger partial charge in [-0.1, -0.05) is 24.6 Å². The van der Waals surface area contributed by atoms with Gasteiger partial charge in [-0.25, -0.2) is 0 Å². The number of hydrogen-bond acceptors (Lipinski definition) is 3. The minimum Gasteiger partial charge on any atom is -0.493 e. The molecule has 1 aromatic rings. The lowest BCUT2D eigenvalue weighted by atomic mass is 10.0. The summed E-state index contributed by atoms with van der Waals surface area (Å²) >= 11 is 0. The van der Waals surface area contributed by atoms with Crippen LogP contribution in [0.25, 0.3) is 0 Å². The number of ether oxygens (including phenoxy) is 2. The second-order valence-electron chi connectivity index (χ2n) is 5.69. The first-order valence-electron chi connectivity index (χ1n) is 7.75. The molecule has 0 aliphatic carbocycles. The molecule has 3 heteroatoms. The van der Waals surface area contributed by atoms with E-state index in [1.165, 1.54) is 11.1 Å². The zero-order valence-corrected chi connectivity index (χ0v) is 12.9. The van der Waals surface area contributed by atoms with Crippen LogP contribution in [0.15, 0.2) is 18.2 Å². The van der Waals surface area contributed by atoms with Crippen LogP contribution >= 0.6 is 0 Å². The number of hydrogen-bond donors (Lipinski definition) is 1. The Hall–Kier alpha value is -1.06. The standard InChI is InChI=1S/C17H27NO2/c1-4-18-14(3)16-11-13(2)5-6-17(16)20-12-15-7-9-19-10-8-15/h5-6,11,14-15,18H,4,7-10,12H2,1-3H3. The second kappa shape index (κ2) is 7.65. The molecule has 2 rings (SSSR count). The van der Waals surface area contributed by atoms with E-state index in [0.717, 1.165) is 45.0 Å². The van der Waals surface area contributed by atoms with Crippen LogP contribution in [0.4, 0.5) is 0 Å². The van der Waals surface area contributed by atoms with E-state index in [0.29, 0.717) is 12.0 Å². The Bertz CT molecular complexity index is 413. The van der Waals surface area contributed by atoms with E-state index in [9.17, 15) is 0 Å². The maximum Gasteiger partial charge on any atom is 0.124 e. The van der Waals surface area contributed by atoms with Gasteiger partial charge < -0.3 is 14.8 Å². The van der Waals surface area contributed by atoms with E-state index in [1.54, 1.807) is 0 Å². The van der Waals surface area contributed by atoms with E-state index in [4.69, 9.17) is 9.47 Å². The highest BCUT2D eigenvalue weighted by Crippen LogP contribution is 2.27. The molecule has 0 amide bonds. The molecule has 0 saturated carbocycles. The van der Waals surface area contributed by atoms with Crippen molar-refractivity contribution in [3.05, 3.63) is 29.3 Å². The number of aryl methyl sites for hydroxylation is 1. The third kappa shape index (κ3) is 4.22. The highest BCUT2D eigenvalue weighted by Gasteiger charge is 2.16. The predicted molar refractivity (Wildman–Crippen MR) is 82.3 cm³/mol. The Morgan fingerprint density at radius 3 is 2.80 bits per heavy atom. The van der Waals surface area contributed by atoms with Gasteiger partial charge in [0.2, 0.25) is 0 Å². The fraction of sp³-hybridized carbons (Fsp3) is 0.647. The summed E-state index contributed by atoms with van der Waals surface area (Å²) in [4.78, 5) is 0. The van der Waals surface area contributed by atoms with Crippen molar-refractivity contribution in [3.8, 4) is 5.75 Å². The van der Waals surface area contributed by atoms with Crippen molar-refractivity contribution < 1.29 is 9.47 Å². The van der Waals surface area contributed by atoms with Crippen molar-refractivity contribution in [2.75, 3.05) is 26.4 Å². The van der Waals surface area contributed by atoms with Crippen LogP contribution in [0.3, 0.4) is 0 Å². The number of nitrogens with one attached hydrogen (secondary N) is 1. The van der Waals surface area contributed by atoms with Crippen LogP contribution in [0.5, 0.6) is 5.75 Å². The van der Waals surface area contributed by atoms with Gasteiger partial charge in [-0.15, -0.1) is 0 Å². The van der Waals surface area contributed by atoms with E-state index in [-0.39, 0.29) is 0 Å². The molecule has 112 valence electrons. The van der Waals surface area contributed by atoms with Crippen molar-refractivity contribution in [2.24, 2.45) is 5.92 Å². The molecule has 1 fully saturated rings. The third-order valence-electron chi connectivity index (χ3n) is 3.96. The number of rotatable bonds is 6. The van der Waals surface area contributed by atoms with E-state index in [2.05, 4.69) is 44.3 Å². The molecule has 0 bridgehead atoms. The molecule has 1 aromatic carbocycles. The van der Waals surface area contributed by atoms with E-state index >= 15 is 0 Å². The van der Waals surface area contributed by atoms with Crippen molar-refractivity contribution in [2.45, 2.75) is 39.7 Å². The molecule has 0 radical (unpaired) electrons. The smallest absolute Gasteiger partial charge is 0.124 e. The van der Waals surface area contributed by atoms with Crippen molar-refractivity contribution in [1.82, 2.24) is 5.32 Å². The summed E-state index contributed by atoms with van der Waals surface area (Å²) in [6.07, 6.45) is 2.23. The molecule has 1 saturated heterocycles. The van der Waals surface area contributed by atoms with Crippen molar-refractivity contribution in [1.29, 1.82) is 0 Å². The van der Waals surface area contributed by atoms with Gasteiger partial charge in [-0.05, 0) is 45.2 Å². The highest BCUT2D eigenvalue weighted by atomic mass is 16.5. The molecule has 1 N–H and O–H groups in total. The lowest BCUT2D eigenvalue weighted by molar-refractivity contribution is 0.0495. The van der Waals surface area contributed by atoms with Gasteiger partial charge in [0.15, 0.2) is 0 Å². The average Bonchev–Trinajstić information content (AvgIpc) is 2.47. The van der Waals surface area contributed by atoms with Crippen LogP contribution in [-0.4, -0.2) is 26.4 Å². The largest absolute Gasteiger partial charge is 0.493 e. The van der Waals surface area contributed by atoms with Crippen LogP contribution in [0.1, 0.15) is 43.9 Å². The summed E-state index contributed by atoms with van der Waals surface area (Å²) in [6.45, 7) is 9.98. The highest BCUT2D eigenvalue weighted by molar-refractivity contribution is 5.39. The summed E-state index contributed by atoms with van der Waals surface area (Å²) in [5, 5.41) is 3.47. The minimum absolute atomic E-state index is 0.324. The molecule has 0 aromatic heterocycles. The Kier molecular flexibility index (Phi) is 5.86. The zero-order chi connectivity index (χ0) is 14.4. The zero-order valence-electron chi connectivity index (χ0n) is 12.9. The maximum absolute atomic E-state index is 6.10.